The summed E-state index contributed by atoms with van der Waals surface area (Å²) in [5.74, 6) is -0.0962. The molecule has 0 saturated carbocycles. The first kappa shape index (κ1) is 21.9. The van der Waals surface area contributed by atoms with Crippen molar-refractivity contribution < 1.29 is 23.8 Å². The van der Waals surface area contributed by atoms with E-state index in [4.69, 9.17) is 14.2 Å². The molecule has 1 atom stereocenters. The minimum atomic E-state index is -1.01. The van der Waals surface area contributed by atoms with E-state index in [-0.39, 0.29) is 17.3 Å². The maximum absolute atomic E-state index is 14.0. The summed E-state index contributed by atoms with van der Waals surface area (Å²) in [7, 11) is 3.09. The Hall–Kier alpha value is -2.97. The highest BCUT2D eigenvalue weighted by molar-refractivity contribution is 9.10. The molecule has 7 nitrogen and oxygen atoms in total. The van der Waals surface area contributed by atoms with Crippen molar-refractivity contribution >= 4 is 38.4 Å². The average molecular weight is 511 g/mol. The number of carbonyl (C=O) groups is 2. The second-order valence-electron chi connectivity index (χ2n) is 8.29. The quantitative estimate of drug-likeness (QED) is 0.415. The Morgan fingerprint density at radius 1 is 1.12 bits per heavy atom. The van der Waals surface area contributed by atoms with Crippen LogP contribution in [0.5, 0.6) is 17.2 Å². The Labute approximate surface area is 199 Å². The second-order valence-corrected chi connectivity index (χ2v) is 9.20. The van der Waals surface area contributed by atoms with Crippen molar-refractivity contribution in [3.63, 3.8) is 0 Å². The molecule has 0 unspecified atom stereocenters. The molecule has 0 amide bonds. The van der Waals surface area contributed by atoms with Crippen molar-refractivity contribution in [1.29, 1.82) is 0 Å². The van der Waals surface area contributed by atoms with Crippen LogP contribution in [0.4, 0.5) is 0 Å². The number of methoxy groups -OCH3 is 2. The number of hydrogen-bond donors (Lipinski definition) is 1. The Morgan fingerprint density at radius 2 is 1.88 bits per heavy atom. The molecule has 0 aliphatic carbocycles. The third-order valence-electron chi connectivity index (χ3n) is 6.48. The first-order valence-corrected chi connectivity index (χ1v) is 11.6. The normalized spacial score (nSPS) is 19.1. The molecular formula is C25H23BrN2O5. The summed E-state index contributed by atoms with van der Waals surface area (Å²) in [5, 5.41) is 4.03. The second kappa shape index (κ2) is 8.43. The van der Waals surface area contributed by atoms with Crippen LogP contribution in [0.15, 0.2) is 46.9 Å². The van der Waals surface area contributed by atoms with Crippen molar-refractivity contribution in [3.05, 3.63) is 58.2 Å². The summed E-state index contributed by atoms with van der Waals surface area (Å²) in [6.07, 6.45) is 1.08. The zero-order valence-corrected chi connectivity index (χ0v) is 19.9. The zero-order valence-electron chi connectivity index (χ0n) is 18.3. The van der Waals surface area contributed by atoms with Gasteiger partial charge in [-0.1, -0.05) is 22.0 Å². The highest BCUT2D eigenvalue weighted by atomic mass is 79.9. The van der Waals surface area contributed by atoms with Gasteiger partial charge in [0.05, 0.1) is 19.8 Å². The fourth-order valence-electron chi connectivity index (χ4n) is 4.85. The van der Waals surface area contributed by atoms with Gasteiger partial charge in [0, 0.05) is 28.8 Å². The highest BCUT2D eigenvalue weighted by Gasteiger charge is 2.54. The van der Waals surface area contributed by atoms with Crippen LogP contribution in [0.2, 0.25) is 0 Å². The number of carbonyl (C=O) groups excluding carboxylic acids is 2. The number of benzene rings is 2. The van der Waals surface area contributed by atoms with E-state index in [2.05, 4.69) is 26.2 Å². The number of rotatable bonds is 4. The number of hydrogen-bond acceptors (Lipinski definition) is 7. The predicted octanol–water partition coefficient (Wildman–Crippen LogP) is 4.21. The van der Waals surface area contributed by atoms with E-state index in [1.165, 1.54) is 0 Å². The molecule has 3 heterocycles. The molecule has 1 spiro atoms. The molecule has 8 heteroatoms. The fraction of sp³-hybridized carbons (Fsp3) is 0.320. The molecule has 2 aromatic carbocycles. The van der Waals surface area contributed by atoms with Gasteiger partial charge < -0.3 is 19.5 Å². The summed E-state index contributed by atoms with van der Waals surface area (Å²) in [4.78, 5) is 32.4. The molecule has 1 saturated heterocycles. The third-order valence-corrected chi connectivity index (χ3v) is 6.97. The van der Waals surface area contributed by atoms with E-state index >= 15 is 0 Å². The summed E-state index contributed by atoms with van der Waals surface area (Å²) >= 11 is 3.42. The maximum atomic E-state index is 14.0. The summed E-state index contributed by atoms with van der Waals surface area (Å²) in [5.41, 5.74) is 0.138. The molecule has 170 valence electrons. The van der Waals surface area contributed by atoms with E-state index < -0.39 is 11.5 Å². The number of aromatic nitrogens is 1. The number of Topliss-reactive ketones (excluding diaryl/α,β-unsaturated/α-hetero) is 2. The van der Waals surface area contributed by atoms with E-state index in [1.807, 2.05) is 18.2 Å². The van der Waals surface area contributed by atoms with Crippen molar-refractivity contribution in [2.45, 2.75) is 18.4 Å². The zero-order chi connectivity index (χ0) is 23.2. The molecule has 2 aliphatic rings. The van der Waals surface area contributed by atoms with Gasteiger partial charge >= 0.3 is 0 Å². The van der Waals surface area contributed by atoms with Crippen LogP contribution >= 0.6 is 15.9 Å². The average Bonchev–Trinajstić information content (AvgIpc) is 2.84. The molecule has 1 N–H and O–H groups in total. The Balaban J connectivity index is 1.67. The van der Waals surface area contributed by atoms with Gasteiger partial charge in [0.1, 0.15) is 40.0 Å². The molecule has 1 aromatic heterocycles. The summed E-state index contributed by atoms with van der Waals surface area (Å²) in [6.45, 7) is 1.32. The SMILES string of the molecule is COc1cc(C(=O)[C@H]2C(=O)c3cc(Br)ccc3OC23CCNCC3)nc2c(OC)cccc12. The van der Waals surface area contributed by atoms with Crippen LogP contribution in [0, 0.1) is 5.92 Å². The smallest absolute Gasteiger partial charge is 0.196 e. The lowest BCUT2D eigenvalue weighted by Gasteiger charge is -2.45. The first-order chi connectivity index (χ1) is 16.0. The Bertz CT molecular complexity index is 1270. The van der Waals surface area contributed by atoms with Crippen LogP contribution in [-0.4, -0.2) is 49.5 Å². The lowest BCUT2D eigenvalue weighted by Crippen LogP contribution is -2.58. The monoisotopic (exact) mass is 510 g/mol. The number of nitrogens with one attached hydrogen (secondary N) is 1. The van der Waals surface area contributed by atoms with Gasteiger partial charge in [-0.05, 0) is 43.4 Å². The van der Waals surface area contributed by atoms with Crippen molar-refractivity contribution in [1.82, 2.24) is 10.3 Å². The van der Waals surface area contributed by atoms with Gasteiger partial charge in [0.15, 0.2) is 11.6 Å². The van der Waals surface area contributed by atoms with Crippen LogP contribution in [0.3, 0.4) is 0 Å². The van der Waals surface area contributed by atoms with Crippen molar-refractivity contribution in [2.24, 2.45) is 5.92 Å². The topological polar surface area (TPSA) is 86.8 Å². The van der Waals surface area contributed by atoms with Crippen LogP contribution in [0.1, 0.15) is 33.7 Å². The number of pyridine rings is 1. The lowest BCUT2D eigenvalue weighted by molar-refractivity contribution is -0.0140. The molecule has 3 aromatic rings. The summed E-state index contributed by atoms with van der Waals surface area (Å²) in [6, 6.07) is 12.4. The molecule has 33 heavy (non-hydrogen) atoms. The van der Waals surface area contributed by atoms with Crippen LogP contribution in [-0.2, 0) is 0 Å². The van der Waals surface area contributed by atoms with E-state index in [1.54, 1.807) is 38.5 Å². The number of ether oxygens (including phenoxy) is 3. The fourth-order valence-corrected chi connectivity index (χ4v) is 5.21. The number of fused-ring (bicyclic) bond motifs is 2. The van der Waals surface area contributed by atoms with Gasteiger partial charge in [0.2, 0.25) is 0 Å². The minimum absolute atomic E-state index is 0.155. The largest absolute Gasteiger partial charge is 0.496 e. The molecule has 5 rings (SSSR count). The molecule has 2 aliphatic heterocycles. The third kappa shape index (κ3) is 3.57. The minimum Gasteiger partial charge on any atom is -0.496 e. The molecule has 0 radical (unpaired) electrons. The van der Waals surface area contributed by atoms with Gasteiger partial charge in [-0.3, -0.25) is 9.59 Å². The van der Waals surface area contributed by atoms with Crippen LogP contribution < -0.4 is 19.5 Å². The molecule has 0 bridgehead atoms. The summed E-state index contributed by atoms with van der Waals surface area (Å²) < 4.78 is 18.2. The Morgan fingerprint density at radius 3 is 2.61 bits per heavy atom. The lowest BCUT2D eigenvalue weighted by atomic mass is 9.71. The van der Waals surface area contributed by atoms with Crippen molar-refractivity contribution in [3.8, 4) is 17.2 Å². The van der Waals surface area contributed by atoms with Gasteiger partial charge in [0.25, 0.3) is 0 Å². The highest BCUT2D eigenvalue weighted by Crippen LogP contribution is 2.44. The molecule has 1 fully saturated rings. The van der Waals surface area contributed by atoms with Crippen LogP contribution in [0.25, 0.3) is 10.9 Å². The van der Waals surface area contributed by atoms with Gasteiger partial charge in [-0.15, -0.1) is 0 Å². The molecular weight excluding hydrogens is 488 g/mol. The maximum Gasteiger partial charge on any atom is 0.196 e. The first-order valence-electron chi connectivity index (χ1n) is 10.8. The number of para-hydroxylation sites is 1. The predicted molar refractivity (Wildman–Crippen MR) is 127 cm³/mol. The standard InChI is InChI=1S/C25H23BrN2O5/c1-31-19-5-3-4-15-20(32-2)13-17(28-22(15)19)24(30)21-23(29)16-12-14(26)6-7-18(16)33-25(21)8-10-27-11-9-25/h3-7,12-13,21,27H,8-11H2,1-2H3/t21-/m1/s1. The number of ketones is 2. The van der Waals surface area contributed by atoms with E-state index in [9.17, 15) is 9.59 Å². The van der Waals surface area contributed by atoms with Crippen molar-refractivity contribution in [2.75, 3.05) is 27.3 Å². The van der Waals surface area contributed by atoms with E-state index in [0.717, 1.165) is 9.86 Å². The number of nitrogens with zero attached hydrogens (tertiary/aromatic N) is 1. The van der Waals surface area contributed by atoms with Gasteiger partial charge in [-0.25, -0.2) is 4.98 Å². The number of piperidine rings is 1. The van der Waals surface area contributed by atoms with Gasteiger partial charge in [-0.2, -0.15) is 0 Å². The Kier molecular flexibility index (Phi) is 5.58. The number of halogens is 1. The van der Waals surface area contributed by atoms with E-state index in [0.29, 0.717) is 54.3 Å².